The Morgan fingerprint density at radius 1 is 1.38 bits per heavy atom. The van der Waals surface area contributed by atoms with Gasteiger partial charge in [-0.2, -0.15) is 0 Å². The third kappa shape index (κ3) is 3.72. The highest BCUT2D eigenvalue weighted by atomic mass is 32.2. The summed E-state index contributed by atoms with van der Waals surface area (Å²) in [7, 11) is 0. The SMILES string of the molecule is CCOC(=O)C1=C(CSc2nnc(C3CC3)o2)NC(=O)N[C@H]1CC. The van der Waals surface area contributed by atoms with Crippen LogP contribution < -0.4 is 10.6 Å². The minimum Gasteiger partial charge on any atom is -0.463 e. The van der Waals surface area contributed by atoms with Crippen molar-refractivity contribution in [2.45, 2.75) is 50.3 Å². The molecular formula is C15H20N4O4S. The number of aromatic nitrogens is 2. The Balaban J connectivity index is 1.76. The molecule has 9 heteroatoms. The number of carbonyl (C=O) groups is 2. The van der Waals surface area contributed by atoms with Gasteiger partial charge in [0, 0.05) is 17.4 Å². The van der Waals surface area contributed by atoms with Crippen molar-refractivity contribution in [2.75, 3.05) is 12.4 Å². The molecule has 0 aromatic carbocycles. The van der Waals surface area contributed by atoms with E-state index >= 15 is 0 Å². The van der Waals surface area contributed by atoms with Crippen LogP contribution in [0.2, 0.25) is 0 Å². The maximum absolute atomic E-state index is 12.3. The number of nitrogens with one attached hydrogen (secondary N) is 2. The average molecular weight is 352 g/mol. The second kappa shape index (κ2) is 7.25. The molecule has 2 amide bonds. The van der Waals surface area contributed by atoms with Crippen molar-refractivity contribution in [3.63, 3.8) is 0 Å². The van der Waals surface area contributed by atoms with Crippen LogP contribution >= 0.6 is 11.8 Å². The zero-order valence-corrected chi connectivity index (χ0v) is 14.4. The molecule has 2 heterocycles. The zero-order chi connectivity index (χ0) is 17.1. The van der Waals surface area contributed by atoms with Crippen molar-refractivity contribution in [3.8, 4) is 0 Å². The Bertz CT molecular complexity index is 668. The van der Waals surface area contributed by atoms with E-state index in [2.05, 4.69) is 20.8 Å². The molecule has 1 aromatic rings. The largest absolute Gasteiger partial charge is 0.463 e. The first kappa shape index (κ1) is 16.8. The number of rotatable bonds is 7. The summed E-state index contributed by atoms with van der Waals surface area (Å²) in [4.78, 5) is 24.1. The van der Waals surface area contributed by atoms with Gasteiger partial charge in [0.15, 0.2) is 0 Å². The quantitative estimate of drug-likeness (QED) is 0.570. The van der Waals surface area contributed by atoms with Gasteiger partial charge in [-0.15, -0.1) is 10.2 Å². The van der Waals surface area contributed by atoms with E-state index in [1.165, 1.54) is 11.8 Å². The molecule has 8 nitrogen and oxygen atoms in total. The van der Waals surface area contributed by atoms with Gasteiger partial charge in [-0.3, -0.25) is 0 Å². The minimum atomic E-state index is -0.420. The molecule has 0 spiro atoms. The highest BCUT2D eigenvalue weighted by molar-refractivity contribution is 7.99. The van der Waals surface area contributed by atoms with Gasteiger partial charge in [0.2, 0.25) is 5.89 Å². The van der Waals surface area contributed by atoms with E-state index < -0.39 is 5.97 Å². The number of urea groups is 1. The fourth-order valence-electron chi connectivity index (χ4n) is 2.48. The van der Waals surface area contributed by atoms with Gasteiger partial charge in [-0.05, 0) is 26.2 Å². The van der Waals surface area contributed by atoms with Gasteiger partial charge in [0.05, 0.1) is 18.2 Å². The highest BCUT2D eigenvalue weighted by Gasteiger charge is 2.32. The standard InChI is InChI=1S/C15H20N4O4S/c1-3-9-11(13(20)22-4-2)10(17-14(21)16-9)7-24-15-19-18-12(23-15)8-5-6-8/h8-9H,3-7H2,1-2H3,(H2,16,17,21)/t9-/m0/s1. The molecule has 24 heavy (non-hydrogen) atoms. The van der Waals surface area contributed by atoms with Crippen LogP contribution in [0, 0.1) is 0 Å². The van der Waals surface area contributed by atoms with Crippen LogP contribution in [-0.4, -0.2) is 40.6 Å². The number of ether oxygens (including phenoxy) is 1. The normalized spacial score (nSPS) is 20.6. The van der Waals surface area contributed by atoms with E-state index in [0.29, 0.717) is 40.5 Å². The summed E-state index contributed by atoms with van der Waals surface area (Å²) in [5.41, 5.74) is 0.980. The number of hydrogen-bond acceptors (Lipinski definition) is 7. The molecule has 1 aromatic heterocycles. The van der Waals surface area contributed by atoms with E-state index in [1.807, 2.05) is 6.92 Å². The lowest BCUT2D eigenvalue weighted by atomic mass is 10.0. The van der Waals surface area contributed by atoms with Crippen LogP contribution in [0.15, 0.2) is 20.9 Å². The summed E-state index contributed by atoms with van der Waals surface area (Å²) in [6, 6.07) is -0.687. The molecule has 130 valence electrons. The summed E-state index contributed by atoms with van der Waals surface area (Å²) in [6.07, 6.45) is 2.77. The Labute approximate surface area is 143 Å². The molecule has 0 bridgehead atoms. The van der Waals surface area contributed by atoms with Crippen molar-refractivity contribution in [1.82, 2.24) is 20.8 Å². The Kier molecular flexibility index (Phi) is 5.08. The number of esters is 1. The molecule has 1 aliphatic heterocycles. The summed E-state index contributed by atoms with van der Waals surface area (Å²) < 4.78 is 10.7. The van der Waals surface area contributed by atoms with Gasteiger partial charge in [0.1, 0.15) is 0 Å². The molecule has 2 N–H and O–H groups in total. The van der Waals surface area contributed by atoms with Crippen molar-refractivity contribution >= 4 is 23.8 Å². The third-order valence-corrected chi connectivity index (χ3v) is 4.68. The molecule has 0 saturated heterocycles. The predicted molar refractivity (Wildman–Crippen MR) is 86.4 cm³/mol. The molecule has 2 aliphatic rings. The molecule has 1 atom stereocenters. The molecule has 1 fully saturated rings. The van der Waals surface area contributed by atoms with Crippen LogP contribution in [0.4, 0.5) is 4.79 Å². The smallest absolute Gasteiger partial charge is 0.337 e. The maximum atomic E-state index is 12.3. The number of carbonyl (C=O) groups excluding carboxylic acids is 2. The first-order chi connectivity index (χ1) is 11.6. The molecule has 0 radical (unpaired) electrons. The monoisotopic (exact) mass is 352 g/mol. The lowest BCUT2D eigenvalue weighted by molar-refractivity contribution is -0.139. The lowest BCUT2D eigenvalue weighted by Gasteiger charge is -2.28. The highest BCUT2D eigenvalue weighted by Crippen LogP contribution is 2.40. The van der Waals surface area contributed by atoms with Crippen molar-refractivity contribution in [2.24, 2.45) is 0 Å². The van der Waals surface area contributed by atoms with Crippen LogP contribution in [0.1, 0.15) is 44.9 Å². The second-order valence-electron chi connectivity index (χ2n) is 5.64. The van der Waals surface area contributed by atoms with Crippen molar-refractivity contribution in [1.29, 1.82) is 0 Å². The average Bonchev–Trinajstić information content (AvgIpc) is 3.31. The van der Waals surface area contributed by atoms with Gasteiger partial charge < -0.3 is 19.8 Å². The molecule has 0 unspecified atom stereocenters. The Morgan fingerprint density at radius 2 is 2.17 bits per heavy atom. The van der Waals surface area contributed by atoms with Crippen LogP contribution in [0.25, 0.3) is 0 Å². The minimum absolute atomic E-state index is 0.279. The summed E-state index contributed by atoms with van der Waals surface area (Å²) >= 11 is 1.30. The molecular weight excluding hydrogens is 332 g/mol. The molecule has 1 saturated carbocycles. The maximum Gasteiger partial charge on any atom is 0.337 e. The zero-order valence-electron chi connectivity index (χ0n) is 13.6. The second-order valence-corrected chi connectivity index (χ2v) is 6.57. The fourth-order valence-corrected chi connectivity index (χ4v) is 3.22. The van der Waals surface area contributed by atoms with E-state index in [1.54, 1.807) is 6.92 Å². The molecule has 3 rings (SSSR count). The number of amides is 2. The predicted octanol–water partition coefficient (Wildman–Crippen LogP) is 1.95. The van der Waals surface area contributed by atoms with E-state index in [0.717, 1.165) is 12.8 Å². The summed E-state index contributed by atoms with van der Waals surface area (Å²) in [6.45, 7) is 3.93. The molecule has 1 aliphatic carbocycles. The topological polar surface area (TPSA) is 106 Å². The van der Waals surface area contributed by atoms with Crippen molar-refractivity contribution < 1.29 is 18.7 Å². The van der Waals surface area contributed by atoms with Gasteiger partial charge in [-0.1, -0.05) is 18.7 Å². The van der Waals surface area contributed by atoms with Crippen LogP contribution in [-0.2, 0) is 9.53 Å². The number of thioether (sulfide) groups is 1. The van der Waals surface area contributed by atoms with E-state index in [4.69, 9.17) is 9.15 Å². The number of hydrogen-bond donors (Lipinski definition) is 2. The van der Waals surface area contributed by atoms with Gasteiger partial charge in [0.25, 0.3) is 5.22 Å². The lowest BCUT2D eigenvalue weighted by Crippen LogP contribution is -2.50. The van der Waals surface area contributed by atoms with Gasteiger partial charge in [-0.25, -0.2) is 9.59 Å². The van der Waals surface area contributed by atoms with Gasteiger partial charge >= 0.3 is 12.0 Å². The van der Waals surface area contributed by atoms with Crippen molar-refractivity contribution in [3.05, 3.63) is 17.2 Å². The summed E-state index contributed by atoms with van der Waals surface area (Å²) in [5, 5.41) is 13.9. The van der Waals surface area contributed by atoms with E-state index in [9.17, 15) is 9.59 Å². The summed E-state index contributed by atoms with van der Waals surface area (Å²) in [5.74, 6) is 0.989. The van der Waals surface area contributed by atoms with E-state index in [-0.39, 0.29) is 18.7 Å². The third-order valence-electron chi connectivity index (χ3n) is 3.84. The first-order valence-corrected chi connectivity index (χ1v) is 9.04. The first-order valence-electron chi connectivity index (χ1n) is 8.06. The Hall–Kier alpha value is -2.03. The fraction of sp³-hybridized carbons (Fsp3) is 0.600. The van der Waals surface area contributed by atoms with Crippen LogP contribution in [0.5, 0.6) is 0 Å². The number of nitrogens with zero attached hydrogens (tertiary/aromatic N) is 2. The Morgan fingerprint density at radius 3 is 2.83 bits per heavy atom. The van der Waals surface area contributed by atoms with Crippen LogP contribution in [0.3, 0.4) is 0 Å².